The zero-order chi connectivity index (χ0) is 17.6. The second-order valence-corrected chi connectivity index (χ2v) is 6.24. The lowest BCUT2D eigenvalue weighted by Crippen LogP contribution is -1.98. The summed E-state index contributed by atoms with van der Waals surface area (Å²) in [5.41, 5.74) is 3.62. The van der Waals surface area contributed by atoms with Gasteiger partial charge in [-0.25, -0.2) is 4.79 Å². The first-order valence-corrected chi connectivity index (χ1v) is 8.13. The monoisotopic (exact) mass is 351 g/mol. The second kappa shape index (κ2) is 5.83. The highest BCUT2D eigenvalue weighted by atomic mass is 35.5. The van der Waals surface area contributed by atoms with Crippen LogP contribution in [0.3, 0.4) is 0 Å². The number of aryl methyl sites for hydroxylation is 1. The summed E-state index contributed by atoms with van der Waals surface area (Å²) >= 11 is 6.24. The minimum atomic E-state index is -1.02. The van der Waals surface area contributed by atoms with Crippen LogP contribution in [-0.4, -0.2) is 11.1 Å². The van der Waals surface area contributed by atoms with Crippen LogP contribution in [0.4, 0.5) is 11.4 Å². The average Bonchev–Trinajstić information content (AvgIpc) is 2.98. The Balaban J connectivity index is 2.04. The average molecular weight is 352 g/mol. The summed E-state index contributed by atoms with van der Waals surface area (Å²) in [7, 11) is 0. The molecule has 0 saturated carbocycles. The van der Waals surface area contributed by atoms with Gasteiger partial charge in [-0.05, 0) is 36.8 Å². The Labute approximate surface area is 148 Å². The maximum absolute atomic E-state index is 11.6. The van der Waals surface area contributed by atoms with Crippen molar-refractivity contribution in [3.8, 4) is 0 Å². The molecule has 1 heterocycles. The Morgan fingerprint density at radius 3 is 2.56 bits per heavy atom. The predicted octanol–water partition coefficient (Wildman–Crippen LogP) is 5.99. The van der Waals surface area contributed by atoms with E-state index in [2.05, 4.69) is 5.32 Å². The van der Waals surface area contributed by atoms with Crippen molar-refractivity contribution in [1.29, 1.82) is 0 Å². The summed E-state index contributed by atoms with van der Waals surface area (Å²) in [5.74, 6) is -1.02. The summed E-state index contributed by atoms with van der Waals surface area (Å²) in [6, 6.07) is 16.5. The zero-order valence-corrected chi connectivity index (χ0v) is 14.1. The third kappa shape index (κ3) is 2.51. The molecule has 0 aliphatic heterocycles. The highest BCUT2D eigenvalue weighted by Crippen LogP contribution is 2.39. The Morgan fingerprint density at radius 1 is 1.00 bits per heavy atom. The van der Waals surface area contributed by atoms with Gasteiger partial charge >= 0.3 is 5.97 Å². The number of benzene rings is 3. The first-order chi connectivity index (χ1) is 12.1. The van der Waals surface area contributed by atoms with Crippen LogP contribution in [0.15, 0.2) is 59.0 Å². The van der Waals surface area contributed by atoms with E-state index in [1.54, 1.807) is 18.2 Å². The van der Waals surface area contributed by atoms with Crippen molar-refractivity contribution in [3.63, 3.8) is 0 Å². The van der Waals surface area contributed by atoms with Gasteiger partial charge in [-0.2, -0.15) is 0 Å². The Bertz CT molecular complexity index is 1130. The normalized spacial score (nSPS) is 11.1. The van der Waals surface area contributed by atoms with E-state index in [-0.39, 0.29) is 5.56 Å². The van der Waals surface area contributed by atoms with Gasteiger partial charge in [0.2, 0.25) is 0 Å². The molecule has 0 atom stereocenters. The molecule has 1 aromatic heterocycles. The third-order valence-corrected chi connectivity index (χ3v) is 4.55. The number of hydrogen-bond donors (Lipinski definition) is 2. The largest absolute Gasteiger partial charge is 0.478 e. The third-order valence-electron chi connectivity index (χ3n) is 4.22. The van der Waals surface area contributed by atoms with E-state index < -0.39 is 5.97 Å². The SMILES string of the molecule is Cc1cccc2c1oc1c(C(=O)O)ccc(Nc3ccccc3Cl)c12. The van der Waals surface area contributed by atoms with E-state index in [1.165, 1.54) is 0 Å². The number of hydrogen-bond acceptors (Lipinski definition) is 3. The molecule has 4 rings (SSSR count). The lowest BCUT2D eigenvalue weighted by molar-refractivity contribution is 0.0698. The Kier molecular flexibility index (Phi) is 3.62. The van der Waals surface area contributed by atoms with E-state index in [0.29, 0.717) is 16.2 Å². The van der Waals surface area contributed by atoms with E-state index in [9.17, 15) is 9.90 Å². The van der Waals surface area contributed by atoms with Gasteiger partial charge in [0.25, 0.3) is 0 Å². The number of nitrogens with one attached hydrogen (secondary N) is 1. The molecule has 5 heteroatoms. The van der Waals surface area contributed by atoms with Gasteiger partial charge in [-0.15, -0.1) is 0 Å². The summed E-state index contributed by atoms with van der Waals surface area (Å²) in [6.45, 7) is 1.94. The number of carboxylic acid groups (broad SMARTS) is 1. The van der Waals surface area contributed by atoms with E-state index in [4.69, 9.17) is 16.0 Å². The lowest BCUT2D eigenvalue weighted by atomic mass is 10.1. The number of anilines is 2. The van der Waals surface area contributed by atoms with E-state index in [1.807, 2.05) is 43.3 Å². The first-order valence-electron chi connectivity index (χ1n) is 7.76. The van der Waals surface area contributed by atoms with Crippen molar-refractivity contribution in [2.24, 2.45) is 0 Å². The quantitative estimate of drug-likeness (QED) is 0.476. The highest BCUT2D eigenvalue weighted by molar-refractivity contribution is 6.33. The fourth-order valence-electron chi connectivity index (χ4n) is 3.02. The lowest BCUT2D eigenvalue weighted by Gasteiger charge is -2.10. The summed E-state index contributed by atoms with van der Waals surface area (Å²) in [6.07, 6.45) is 0. The van der Waals surface area contributed by atoms with E-state index in [0.717, 1.165) is 27.7 Å². The Morgan fingerprint density at radius 2 is 1.80 bits per heavy atom. The number of aromatic carboxylic acids is 1. The number of halogens is 1. The van der Waals surface area contributed by atoms with Crippen LogP contribution in [0.2, 0.25) is 5.02 Å². The number of furan rings is 1. The molecule has 0 saturated heterocycles. The van der Waals surface area contributed by atoms with Crippen molar-refractivity contribution < 1.29 is 14.3 Å². The smallest absolute Gasteiger partial charge is 0.339 e. The van der Waals surface area contributed by atoms with Gasteiger partial charge in [0.1, 0.15) is 11.1 Å². The molecule has 0 aliphatic carbocycles. The standard InChI is InChI=1S/C20H14ClNO3/c1-11-5-4-6-12-17-16(22-15-8-3-2-7-14(15)21)10-9-13(20(23)24)19(17)25-18(11)12/h2-10,22H,1H3,(H,23,24). The molecule has 0 bridgehead atoms. The number of carboxylic acids is 1. The van der Waals surface area contributed by atoms with Gasteiger partial charge < -0.3 is 14.8 Å². The molecule has 2 N–H and O–H groups in total. The molecular formula is C20H14ClNO3. The Hall–Kier alpha value is -2.98. The van der Waals surface area contributed by atoms with Gasteiger partial charge in [0.15, 0.2) is 5.58 Å². The summed E-state index contributed by atoms with van der Waals surface area (Å²) in [5, 5.41) is 15.0. The molecule has 0 radical (unpaired) electrons. The van der Waals surface area contributed by atoms with Gasteiger partial charge in [0, 0.05) is 5.39 Å². The molecule has 0 spiro atoms. The van der Waals surface area contributed by atoms with Gasteiger partial charge in [-0.3, -0.25) is 0 Å². The van der Waals surface area contributed by atoms with Gasteiger partial charge in [-0.1, -0.05) is 41.9 Å². The van der Waals surface area contributed by atoms with Crippen molar-refractivity contribution in [2.75, 3.05) is 5.32 Å². The van der Waals surface area contributed by atoms with E-state index >= 15 is 0 Å². The van der Waals surface area contributed by atoms with Crippen LogP contribution in [0.25, 0.3) is 21.9 Å². The molecule has 4 aromatic rings. The fraction of sp³-hybridized carbons (Fsp3) is 0.0500. The van der Waals surface area contributed by atoms with Crippen LogP contribution in [-0.2, 0) is 0 Å². The minimum Gasteiger partial charge on any atom is -0.478 e. The summed E-state index contributed by atoms with van der Waals surface area (Å²) in [4.78, 5) is 11.6. The second-order valence-electron chi connectivity index (χ2n) is 5.83. The predicted molar refractivity (Wildman–Crippen MR) is 100 cm³/mol. The van der Waals surface area contributed by atoms with Crippen molar-refractivity contribution in [2.45, 2.75) is 6.92 Å². The number of carbonyl (C=O) groups is 1. The fourth-order valence-corrected chi connectivity index (χ4v) is 3.21. The molecule has 0 fully saturated rings. The van der Waals surface area contributed by atoms with Gasteiger partial charge in [0.05, 0.1) is 21.8 Å². The molecule has 0 unspecified atom stereocenters. The molecule has 124 valence electrons. The van der Waals surface area contributed by atoms with Crippen molar-refractivity contribution in [3.05, 3.63) is 70.7 Å². The molecule has 0 aliphatic rings. The van der Waals surface area contributed by atoms with Crippen molar-refractivity contribution >= 4 is 50.9 Å². The number of rotatable bonds is 3. The molecular weight excluding hydrogens is 338 g/mol. The first kappa shape index (κ1) is 15.5. The molecule has 3 aromatic carbocycles. The maximum Gasteiger partial charge on any atom is 0.339 e. The maximum atomic E-state index is 11.6. The molecule has 25 heavy (non-hydrogen) atoms. The number of fused-ring (bicyclic) bond motifs is 3. The van der Waals surface area contributed by atoms with Crippen molar-refractivity contribution in [1.82, 2.24) is 0 Å². The zero-order valence-electron chi connectivity index (χ0n) is 13.3. The topological polar surface area (TPSA) is 62.5 Å². The minimum absolute atomic E-state index is 0.135. The van der Waals surface area contributed by atoms with Crippen LogP contribution in [0.1, 0.15) is 15.9 Å². The highest BCUT2D eigenvalue weighted by Gasteiger charge is 2.19. The van der Waals surface area contributed by atoms with Crippen LogP contribution in [0.5, 0.6) is 0 Å². The van der Waals surface area contributed by atoms with Crippen LogP contribution < -0.4 is 5.32 Å². The number of para-hydroxylation sites is 2. The molecule has 0 amide bonds. The summed E-state index contributed by atoms with van der Waals surface area (Å²) < 4.78 is 5.93. The molecule has 4 nitrogen and oxygen atoms in total. The van der Waals surface area contributed by atoms with Crippen LogP contribution >= 0.6 is 11.6 Å². The van der Waals surface area contributed by atoms with Crippen LogP contribution in [0, 0.1) is 6.92 Å².